The van der Waals surface area contributed by atoms with Gasteiger partial charge in [-0.15, -0.1) is 11.6 Å². The van der Waals surface area contributed by atoms with Gasteiger partial charge in [0.25, 0.3) is 0 Å². The standard InChI is InChI=1S/C12H22ClNO2S/c13-10-12(8-4-5-9-12)14-17(15,16)11-6-2-1-3-7-11/h11,14H,1-10H2. The van der Waals surface area contributed by atoms with E-state index in [4.69, 9.17) is 11.6 Å². The van der Waals surface area contributed by atoms with Gasteiger partial charge >= 0.3 is 0 Å². The Morgan fingerprint density at radius 3 is 2.18 bits per heavy atom. The van der Waals surface area contributed by atoms with Gasteiger partial charge in [-0.2, -0.15) is 0 Å². The first kappa shape index (κ1) is 13.6. The van der Waals surface area contributed by atoms with Crippen LogP contribution in [0.3, 0.4) is 0 Å². The zero-order valence-corrected chi connectivity index (χ0v) is 11.8. The normalized spacial score (nSPS) is 26.2. The number of nitrogens with one attached hydrogen (secondary N) is 1. The van der Waals surface area contributed by atoms with Crippen LogP contribution in [0.4, 0.5) is 0 Å². The van der Waals surface area contributed by atoms with Gasteiger partial charge in [0, 0.05) is 11.4 Å². The molecule has 2 rings (SSSR count). The number of rotatable bonds is 4. The molecule has 2 fully saturated rings. The van der Waals surface area contributed by atoms with E-state index in [1.807, 2.05) is 0 Å². The predicted octanol–water partition coefficient (Wildman–Crippen LogP) is 2.79. The maximum Gasteiger partial charge on any atom is 0.215 e. The lowest BCUT2D eigenvalue weighted by Crippen LogP contribution is -2.51. The fourth-order valence-corrected chi connectivity index (χ4v) is 5.49. The molecule has 0 aromatic rings. The molecule has 2 saturated carbocycles. The van der Waals surface area contributed by atoms with Crippen LogP contribution < -0.4 is 4.72 Å². The smallest absolute Gasteiger partial charge is 0.212 e. The van der Waals surface area contributed by atoms with Gasteiger partial charge in [-0.1, -0.05) is 32.1 Å². The minimum Gasteiger partial charge on any atom is -0.212 e. The highest BCUT2D eigenvalue weighted by molar-refractivity contribution is 7.90. The van der Waals surface area contributed by atoms with Crippen molar-refractivity contribution in [2.45, 2.75) is 68.6 Å². The van der Waals surface area contributed by atoms with Gasteiger partial charge < -0.3 is 0 Å². The largest absolute Gasteiger partial charge is 0.215 e. The van der Waals surface area contributed by atoms with Gasteiger partial charge in [-0.3, -0.25) is 0 Å². The highest BCUT2D eigenvalue weighted by Crippen LogP contribution is 2.33. The monoisotopic (exact) mass is 279 g/mol. The van der Waals surface area contributed by atoms with E-state index in [1.165, 1.54) is 6.42 Å². The molecule has 0 heterocycles. The summed E-state index contributed by atoms with van der Waals surface area (Å²) in [5.74, 6) is 0.402. The maximum atomic E-state index is 12.3. The lowest BCUT2D eigenvalue weighted by atomic mass is 10.0. The van der Waals surface area contributed by atoms with Gasteiger partial charge in [-0.05, 0) is 25.7 Å². The molecule has 2 aliphatic carbocycles. The maximum absolute atomic E-state index is 12.3. The van der Waals surface area contributed by atoms with Crippen molar-refractivity contribution >= 4 is 21.6 Å². The summed E-state index contributed by atoms with van der Waals surface area (Å²) in [5.41, 5.74) is -0.349. The third-order valence-corrected chi connectivity index (χ3v) is 6.74. The highest BCUT2D eigenvalue weighted by Gasteiger charge is 2.39. The van der Waals surface area contributed by atoms with Gasteiger partial charge in [0.15, 0.2) is 0 Å². The van der Waals surface area contributed by atoms with Crippen molar-refractivity contribution in [2.24, 2.45) is 0 Å². The van der Waals surface area contributed by atoms with Crippen LogP contribution in [0.25, 0.3) is 0 Å². The zero-order valence-electron chi connectivity index (χ0n) is 10.3. The number of alkyl halides is 1. The van der Waals surface area contributed by atoms with Gasteiger partial charge in [-0.25, -0.2) is 13.1 Å². The molecule has 0 unspecified atom stereocenters. The van der Waals surface area contributed by atoms with Crippen LogP contribution in [0.5, 0.6) is 0 Å². The Morgan fingerprint density at radius 2 is 1.65 bits per heavy atom. The van der Waals surface area contributed by atoms with Gasteiger partial charge in [0.1, 0.15) is 0 Å². The summed E-state index contributed by atoms with van der Waals surface area (Å²) in [6.45, 7) is 0. The second kappa shape index (κ2) is 5.45. The summed E-state index contributed by atoms with van der Waals surface area (Å²) >= 11 is 5.98. The highest BCUT2D eigenvalue weighted by atomic mass is 35.5. The van der Waals surface area contributed by atoms with E-state index < -0.39 is 10.0 Å². The molecule has 17 heavy (non-hydrogen) atoms. The fraction of sp³-hybridized carbons (Fsp3) is 1.00. The Kier molecular flexibility index (Phi) is 4.37. The molecule has 0 saturated heterocycles. The number of hydrogen-bond acceptors (Lipinski definition) is 2. The Bertz CT molecular complexity index is 344. The average molecular weight is 280 g/mol. The predicted molar refractivity (Wildman–Crippen MR) is 70.8 cm³/mol. The van der Waals surface area contributed by atoms with E-state index in [-0.39, 0.29) is 10.8 Å². The van der Waals surface area contributed by atoms with Crippen LogP contribution in [0.15, 0.2) is 0 Å². The summed E-state index contributed by atoms with van der Waals surface area (Å²) in [5, 5.41) is -0.183. The Hall–Kier alpha value is 0.200. The van der Waals surface area contributed by atoms with Gasteiger partial charge in [0.2, 0.25) is 10.0 Å². The molecule has 1 N–H and O–H groups in total. The van der Waals surface area contributed by atoms with Crippen LogP contribution >= 0.6 is 11.6 Å². The fourth-order valence-electron chi connectivity index (χ4n) is 3.08. The molecule has 0 amide bonds. The van der Waals surface area contributed by atoms with E-state index in [0.29, 0.717) is 5.88 Å². The first-order valence-electron chi connectivity index (χ1n) is 6.67. The van der Waals surface area contributed by atoms with Crippen molar-refractivity contribution in [3.05, 3.63) is 0 Å². The van der Waals surface area contributed by atoms with Crippen molar-refractivity contribution in [3.63, 3.8) is 0 Å². The van der Waals surface area contributed by atoms with E-state index >= 15 is 0 Å². The third-order valence-electron chi connectivity index (χ3n) is 4.17. The molecular formula is C12H22ClNO2S. The SMILES string of the molecule is O=S(=O)(NC1(CCl)CCCC1)C1CCCCC1. The van der Waals surface area contributed by atoms with Crippen molar-refractivity contribution < 1.29 is 8.42 Å². The lowest BCUT2D eigenvalue weighted by molar-refractivity contribution is 0.415. The molecule has 0 aromatic heterocycles. The van der Waals surface area contributed by atoms with Crippen LogP contribution in [0.1, 0.15) is 57.8 Å². The topological polar surface area (TPSA) is 46.2 Å². The molecule has 0 aromatic carbocycles. The molecule has 0 bridgehead atoms. The summed E-state index contributed by atoms with van der Waals surface area (Å²) in [4.78, 5) is 0. The molecular weight excluding hydrogens is 258 g/mol. The van der Waals surface area contributed by atoms with Crippen molar-refractivity contribution in [2.75, 3.05) is 5.88 Å². The Morgan fingerprint density at radius 1 is 1.06 bits per heavy atom. The van der Waals surface area contributed by atoms with E-state index in [2.05, 4.69) is 4.72 Å². The van der Waals surface area contributed by atoms with Crippen molar-refractivity contribution in [1.29, 1.82) is 0 Å². The van der Waals surface area contributed by atoms with E-state index in [0.717, 1.165) is 51.4 Å². The lowest BCUT2D eigenvalue weighted by Gasteiger charge is -2.31. The molecule has 3 nitrogen and oxygen atoms in total. The molecule has 0 aliphatic heterocycles. The molecule has 5 heteroatoms. The molecule has 0 spiro atoms. The Balaban J connectivity index is 2.05. The minimum atomic E-state index is -3.17. The second-order valence-electron chi connectivity index (χ2n) is 5.53. The Labute approximate surface area is 109 Å². The van der Waals surface area contributed by atoms with Crippen LogP contribution in [0, 0.1) is 0 Å². The third kappa shape index (κ3) is 3.15. The first-order valence-corrected chi connectivity index (χ1v) is 8.75. The number of hydrogen-bond donors (Lipinski definition) is 1. The second-order valence-corrected chi connectivity index (χ2v) is 7.76. The molecule has 2 aliphatic rings. The summed E-state index contributed by atoms with van der Waals surface area (Å²) < 4.78 is 27.6. The summed E-state index contributed by atoms with van der Waals surface area (Å²) in [6, 6.07) is 0. The number of halogens is 1. The minimum absolute atomic E-state index is 0.183. The average Bonchev–Trinajstić information content (AvgIpc) is 2.79. The molecule has 100 valence electrons. The van der Waals surface area contributed by atoms with E-state index in [9.17, 15) is 8.42 Å². The zero-order chi connectivity index (χ0) is 12.4. The van der Waals surface area contributed by atoms with Gasteiger partial charge in [0.05, 0.1) is 5.25 Å². The van der Waals surface area contributed by atoms with Crippen molar-refractivity contribution in [3.8, 4) is 0 Å². The van der Waals surface area contributed by atoms with Crippen molar-refractivity contribution in [1.82, 2.24) is 4.72 Å². The summed E-state index contributed by atoms with van der Waals surface area (Å²) in [7, 11) is -3.17. The first-order chi connectivity index (χ1) is 8.08. The molecule has 0 atom stereocenters. The number of sulfonamides is 1. The quantitative estimate of drug-likeness (QED) is 0.805. The summed E-state index contributed by atoms with van der Waals surface area (Å²) in [6.07, 6.45) is 8.83. The van der Waals surface area contributed by atoms with Crippen LogP contribution in [0.2, 0.25) is 0 Å². The van der Waals surface area contributed by atoms with Crippen LogP contribution in [-0.4, -0.2) is 25.1 Å². The van der Waals surface area contributed by atoms with Crippen LogP contribution in [-0.2, 0) is 10.0 Å². The van der Waals surface area contributed by atoms with E-state index in [1.54, 1.807) is 0 Å². The molecule has 0 radical (unpaired) electrons.